The van der Waals surface area contributed by atoms with Crippen molar-refractivity contribution in [2.45, 2.75) is 82.6 Å². The van der Waals surface area contributed by atoms with Crippen molar-refractivity contribution in [2.24, 2.45) is 23.7 Å². The van der Waals surface area contributed by atoms with E-state index in [-0.39, 0.29) is 23.8 Å². The summed E-state index contributed by atoms with van der Waals surface area (Å²) in [6.07, 6.45) is 11.0. The van der Waals surface area contributed by atoms with Crippen molar-refractivity contribution in [3.8, 4) is 0 Å². The van der Waals surface area contributed by atoms with Gasteiger partial charge in [0, 0.05) is 34.9 Å². The third kappa shape index (κ3) is 5.49. The van der Waals surface area contributed by atoms with Gasteiger partial charge in [0.05, 0.1) is 17.9 Å². The molecule has 0 aromatic heterocycles. The Morgan fingerprint density at radius 3 is 2.40 bits per heavy atom. The Kier molecular flexibility index (Phi) is 8.62. The van der Waals surface area contributed by atoms with Gasteiger partial charge in [0.2, 0.25) is 17.7 Å². The monoisotopic (exact) mass is 616 g/mol. The molecule has 1 aliphatic carbocycles. The topological polar surface area (TPSA) is 91.0 Å². The summed E-state index contributed by atoms with van der Waals surface area (Å²) < 4.78 is 6.53. The van der Waals surface area contributed by atoms with E-state index in [1.54, 1.807) is 23.1 Å². The predicted octanol–water partition coefficient (Wildman–Crippen LogP) is 4.90. The fraction of sp³-hybridized carbons (Fsp3) is 0.656. The van der Waals surface area contributed by atoms with Gasteiger partial charge < -0.3 is 25.2 Å². The number of halogens is 2. The second-order valence-corrected chi connectivity index (χ2v) is 13.9. The van der Waals surface area contributed by atoms with Crippen molar-refractivity contribution in [1.82, 2.24) is 15.1 Å². The van der Waals surface area contributed by atoms with E-state index in [0.29, 0.717) is 40.7 Å². The highest BCUT2D eigenvalue weighted by Gasteiger charge is 2.72. The number of hydrogen-bond acceptors (Lipinski definition) is 5. The first-order valence-electron chi connectivity index (χ1n) is 15.7. The van der Waals surface area contributed by atoms with Crippen molar-refractivity contribution in [2.75, 3.05) is 31.5 Å². The van der Waals surface area contributed by atoms with Gasteiger partial charge in [-0.3, -0.25) is 14.4 Å². The Balaban J connectivity index is 1.28. The zero-order valence-electron chi connectivity index (χ0n) is 24.5. The molecule has 8 atom stereocenters. The number of rotatable bonds is 7. The van der Waals surface area contributed by atoms with Crippen LogP contribution in [0.25, 0.3) is 0 Å². The minimum Gasteiger partial charge on any atom is -0.359 e. The van der Waals surface area contributed by atoms with Gasteiger partial charge in [-0.25, -0.2) is 0 Å². The summed E-state index contributed by atoms with van der Waals surface area (Å²) in [7, 11) is 0. The molecule has 3 amide bonds. The smallest absolute Gasteiger partial charge is 0.246 e. The van der Waals surface area contributed by atoms with Crippen LogP contribution in [-0.2, 0) is 19.1 Å². The summed E-state index contributed by atoms with van der Waals surface area (Å²) in [5.41, 5.74) is -0.723. The van der Waals surface area contributed by atoms with Crippen LogP contribution in [0.2, 0.25) is 10.0 Å². The van der Waals surface area contributed by atoms with Crippen LogP contribution in [0.15, 0.2) is 30.4 Å². The number of likely N-dealkylation sites (tertiary alicyclic amines) is 2. The summed E-state index contributed by atoms with van der Waals surface area (Å²) in [4.78, 5) is 46.4. The Hall–Kier alpha value is -2.13. The average Bonchev–Trinajstić information content (AvgIpc) is 3.48. The van der Waals surface area contributed by atoms with Crippen molar-refractivity contribution < 1.29 is 19.1 Å². The molecule has 2 bridgehead atoms. The largest absolute Gasteiger partial charge is 0.359 e. The number of fused-ring (bicyclic) bond motifs is 1. The third-order valence-corrected chi connectivity index (χ3v) is 10.9. The lowest BCUT2D eigenvalue weighted by Gasteiger charge is -2.38. The highest BCUT2D eigenvalue weighted by atomic mass is 35.5. The van der Waals surface area contributed by atoms with Crippen LogP contribution >= 0.6 is 23.2 Å². The summed E-state index contributed by atoms with van der Waals surface area (Å²) in [5, 5.41) is 7.04. The van der Waals surface area contributed by atoms with Crippen molar-refractivity contribution in [3.63, 3.8) is 0 Å². The van der Waals surface area contributed by atoms with Crippen LogP contribution in [0, 0.1) is 23.7 Å². The van der Waals surface area contributed by atoms with Gasteiger partial charge in [-0.2, -0.15) is 0 Å². The van der Waals surface area contributed by atoms with Crippen LogP contribution < -0.4 is 10.6 Å². The third-order valence-electron chi connectivity index (χ3n) is 10.4. The fourth-order valence-corrected chi connectivity index (χ4v) is 8.54. The summed E-state index contributed by atoms with van der Waals surface area (Å²) in [5.74, 6) is -1.40. The van der Waals surface area contributed by atoms with E-state index in [1.807, 2.05) is 12.2 Å². The summed E-state index contributed by atoms with van der Waals surface area (Å²) in [6.45, 7) is 7.55. The minimum atomic E-state index is -1.18. The van der Waals surface area contributed by atoms with Gasteiger partial charge in [0.25, 0.3) is 0 Å². The molecule has 228 valence electrons. The molecule has 10 heteroatoms. The van der Waals surface area contributed by atoms with Crippen molar-refractivity contribution in [3.05, 3.63) is 40.4 Å². The van der Waals surface area contributed by atoms with Gasteiger partial charge in [-0.05, 0) is 62.4 Å². The maximum absolute atomic E-state index is 14.3. The van der Waals surface area contributed by atoms with E-state index in [0.717, 1.165) is 45.2 Å². The number of ether oxygens (including phenoxy) is 1. The van der Waals surface area contributed by atoms with E-state index in [4.69, 9.17) is 27.9 Å². The molecule has 4 fully saturated rings. The van der Waals surface area contributed by atoms with Gasteiger partial charge in [-0.1, -0.05) is 74.9 Å². The average molecular weight is 618 g/mol. The van der Waals surface area contributed by atoms with Crippen molar-refractivity contribution in [1.29, 1.82) is 0 Å². The molecule has 1 aromatic carbocycles. The molecule has 42 heavy (non-hydrogen) atoms. The first kappa shape index (κ1) is 29.9. The Bertz CT molecular complexity index is 1230. The molecule has 8 nitrogen and oxygen atoms in total. The number of nitrogens with zero attached hydrogens (tertiary/aromatic N) is 2. The first-order valence-corrected chi connectivity index (χ1v) is 16.4. The maximum atomic E-state index is 14.3. The van der Waals surface area contributed by atoms with Gasteiger partial charge in [0.1, 0.15) is 11.6 Å². The van der Waals surface area contributed by atoms with Crippen LogP contribution in [0.1, 0.15) is 58.8 Å². The van der Waals surface area contributed by atoms with E-state index < -0.39 is 29.6 Å². The predicted molar refractivity (Wildman–Crippen MR) is 163 cm³/mol. The lowest BCUT2D eigenvalue weighted by atomic mass is 9.73. The Morgan fingerprint density at radius 1 is 0.976 bits per heavy atom. The Labute approximate surface area is 258 Å². The van der Waals surface area contributed by atoms with Crippen LogP contribution in [0.4, 0.5) is 5.69 Å². The highest BCUT2D eigenvalue weighted by Crippen LogP contribution is 2.55. The second-order valence-electron chi connectivity index (χ2n) is 13.0. The maximum Gasteiger partial charge on any atom is 0.246 e. The number of hydrogen-bond donors (Lipinski definition) is 2. The van der Waals surface area contributed by atoms with Gasteiger partial charge >= 0.3 is 0 Å². The molecular weight excluding hydrogens is 575 g/mol. The number of nitrogens with one attached hydrogen (secondary N) is 2. The van der Waals surface area contributed by atoms with E-state index in [2.05, 4.69) is 29.4 Å². The number of anilines is 1. The minimum absolute atomic E-state index is 0.0496. The Morgan fingerprint density at radius 2 is 1.69 bits per heavy atom. The fourth-order valence-electron chi connectivity index (χ4n) is 8.02. The van der Waals surface area contributed by atoms with Crippen LogP contribution in [0.5, 0.6) is 0 Å². The lowest BCUT2D eigenvalue weighted by Crippen LogP contribution is -2.58. The molecule has 0 radical (unpaired) electrons. The molecule has 6 rings (SSSR count). The highest BCUT2D eigenvalue weighted by molar-refractivity contribution is 6.35. The molecular formula is C32H42Cl2N4O4. The normalized spacial score (nSPS) is 36.1. The zero-order chi connectivity index (χ0) is 29.6. The standard InChI is InChI=1S/C32H42Cl2N4O4/c1-19-8-7-9-24(20(19)2)36-30(40)28-32-11-10-25(42-32)26(29(39)35-23-17-21(33)16-22(34)18-23)27(32)31(41)38(28)15-14-37-12-5-3-4-6-13-37/h10-11,16-20,24-28H,3-9,12-15H2,1-2H3,(H,35,39)(H,36,40). The van der Waals surface area contributed by atoms with E-state index in [9.17, 15) is 14.4 Å². The molecule has 5 aliphatic rings. The van der Waals surface area contributed by atoms with Gasteiger partial charge in [-0.15, -0.1) is 0 Å². The molecule has 1 saturated carbocycles. The molecule has 1 spiro atoms. The number of benzene rings is 1. The summed E-state index contributed by atoms with van der Waals surface area (Å²) >= 11 is 12.3. The molecule has 4 aliphatic heterocycles. The number of carbonyl (C=O) groups excluding carboxylic acids is 3. The van der Waals surface area contributed by atoms with Gasteiger partial charge in [0.15, 0.2) is 0 Å². The zero-order valence-corrected chi connectivity index (χ0v) is 26.0. The second kappa shape index (κ2) is 12.1. The molecule has 2 N–H and O–H groups in total. The SMILES string of the molecule is CC1CCCC(NC(=O)C2N(CCN3CCCCCC3)C(=O)C3C(C(=O)Nc4cc(Cl)cc(Cl)c4)C4C=CC32O4)C1C. The van der Waals surface area contributed by atoms with E-state index in [1.165, 1.54) is 12.8 Å². The van der Waals surface area contributed by atoms with Crippen molar-refractivity contribution >= 4 is 46.6 Å². The number of amides is 3. The number of carbonyl (C=O) groups is 3. The lowest BCUT2D eigenvalue weighted by molar-refractivity contribution is -0.141. The molecule has 8 unspecified atom stereocenters. The molecule has 3 saturated heterocycles. The summed E-state index contributed by atoms with van der Waals surface area (Å²) in [6, 6.07) is 4.06. The van der Waals surface area contributed by atoms with Crippen LogP contribution in [-0.4, -0.2) is 77.5 Å². The van der Waals surface area contributed by atoms with E-state index >= 15 is 0 Å². The van der Waals surface area contributed by atoms with Crippen LogP contribution in [0.3, 0.4) is 0 Å². The molecule has 4 heterocycles. The molecule has 1 aromatic rings. The quantitative estimate of drug-likeness (QED) is 0.425. The first-order chi connectivity index (χ1) is 20.2.